The van der Waals surface area contributed by atoms with E-state index in [0.29, 0.717) is 17.8 Å². The van der Waals surface area contributed by atoms with E-state index in [1.165, 1.54) is 78.5 Å². The summed E-state index contributed by atoms with van der Waals surface area (Å²) in [4.78, 5) is 31.3. The molecule has 0 atom stereocenters. The first-order chi connectivity index (χ1) is 67.5. The van der Waals surface area contributed by atoms with Gasteiger partial charge in [0.05, 0.1) is 83.0 Å². The zero-order valence-electron chi connectivity index (χ0n) is 72.7. The van der Waals surface area contributed by atoms with Gasteiger partial charge in [-0.1, -0.05) is 309 Å². The molecule has 0 aliphatic rings. The Bertz CT molecular complexity index is 10100. The molecule has 11 heterocycles. The van der Waals surface area contributed by atoms with Crippen LogP contribution in [0, 0.1) is 0 Å². The Kier molecular flexibility index (Phi) is 17.5. The van der Waals surface area contributed by atoms with E-state index in [0.717, 1.165) is 176 Å². The van der Waals surface area contributed by atoms with Crippen molar-refractivity contribution >= 4 is 216 Å². The van der Waals surface area contributed by atoms with Crippen LogP contribution in [0.1, 0.15) is 0 Å². The van der Waals surface area contributed by atoms with Crippen LogP contribution in [-0.2, 0) is 0 Å². The van der Waals surface area contributed by atoms with Crippen LogP contribution in [0.25, 0.3) is 273 Å². The monoisotopic (exact) mass is 1770 g/mol. The summed E-state index contributed by atoms with van der Waals surface area (Å²) in [5.74, 6) is 1.93. The van der Waals surface area contributed by atoms with Crippen LogP contribution in [0.2, 0.25) is 0 Å². The molecule has 634 valence electrons. The van der Waals surface area contributed by atoms with Gasteiger partial charge in [0.2, 0.25) is 17.8 Å². The van der Waals surface area contributed by atoms with E-state index < -0.39 is 0 Å². The Morgan fingerprint density at radius 2 is 0.640 bits per heavy atom. The van der Waals surface area contributed by atoms with Crippen molar-refractivity contribution in [2.75, 3.05) is 0 Å². The van der Waals surface area contributed by atoms with Crippen LogP contribution in [0.3, 0.4) is 0 Å². The number of para-hydroxylation sites is 7. The molecular weight excluding hydrogens is 1700 g/mol. The highest BCUT2D eigenvalue weighted by atomic mass is 32.1. The normalized spacial score (nSPS) is 12.0. The van der Waals surface area contributed by atoms with E-state index in [4.69, 9.17) is 38.7 Å². The SMILES string of the molecule is c1cc(-c2ccnc(-n3c4ccccc4c4c5sc6ccccc6c5ccc43)n2)cc(-n2c3ccccc3c3ccccc32)c1.c1ccc(-c2ccc3c4c5oc6ccccc6c5ccc4n(-c4nc(-c5cccc6c5sc5ccccc56)c5ccccc5n4)c3c2)cc1.c1ccc(-c2ccc3nc(-n4c5ccccc5c5c6oc7ccccc7c6ccc54)nc(-c4ccccc4)c3c2)cc1. The zero-order valence-corrected chi connectivity index (χ0v) is 74.3. The summed E-state index contributed by atoms with van der Waals surface area (Å²) in [7, 11) is 0. The molecule has 11 aromatic heterocycles. The highest BCUT2D eigenvalue weighted by molar-refractivity contribution is 7.27. The van der Waals surface area contributed by atoms with Crippen LogP contribution in [0.5, 0.6) is 0 Å². The predicted octanol–water partition coefficient (Wildman–Crippen LogP) is 33.0. The molecule has 14 heteroatoms. The average Bonchev–Trinajstić information content (AvgIpc) is 1.56. The fourth-order valence-electron chi connectivity index (χ4n) is 21.0. The van der Waals surface area contributed by atoms with Crippen molar-refractivity contribution in [1.82, 2.24) is 48.2 Å². The van der Waals surface area contributed by atoms with Gasteiger partial charge in [0.25, 0.3) is 0 Å². The van der Waals surface area contributed by atoms with Gasteiger partial charge in [-0.2, -0.15) is 0 Å². The van der Waals surface area contributed by atoms with E-state index >= 15 is 0 Å². The number of aromatic nitrogens is 10. The van der Waals surface area contributed by atoms with E-state index in [1.54, 1.807) is 0 Å². The number of hydrogen-bond donors (Lipinski definition) is 0. The summed E-state index contributed by atoms with van der Waals surface area (Å²) < 4.78 is 27.2. The maximum Gasteiger partial charge on any atom is 0.235 e. The molecule has 0 saturated heterocycles. The number of furan rings is 2. The summed E-state index contributed by atoms with van der Waals surface area (Å²) in [6, 6.07) is 151. The molecule has 0 N–H and O–H groups in total. The van der Waals surface area contributed by atoms with Gasteiger partial charge in [0.1, 0.15) is 22.3 Å². The van der Waals surface area contributed by atoms with Gasteiger partial charge in [-0.15, -0.1) is 22.7 Å². The fraction of sp³-hybridized carbons (Fsp3) is 0. The Balaban J connectivity index is 0.000000101. The zero-order chi connectivity index (χ0) is 89.2. The molecule has 0 aliphatic heterocycles. The maximum atomic E-state index is 6.63. The Hall–Kier alpha value is -17.8. The predicted molar refractivity (Wildman–Crippen MR) is 566 cm³/mol. The van der Waals surface area contributed by atoms with Crippen LogP contribution in [-0.4, -0.2) is 48.2 Å². The van der Waals surface area contributed by atoms with E-state index in [-0.39, 0.29) is 0 Å². The van der Waals surface area contributed by atoms with Crippen molar-refractivity contribution < 1.29 is 8.83 Å². The molecule has 0 amide bonds. The summed E-state index contributed by atoms with van der Waals surface area (Å²) in [6.07, 6.45) is 1.88. The fourth-order valence-corrected chi connectivity index (χ4v) is 23.5. The largest absolute Gasteiger partial charge is 0.455 e. The molecule has 0 radical (unpaired) electrons. The highest BCUT2D eigenvalue weighted by Gasteiger charge is 2.28. The number of rotatable bonds is 9. The minimum absolute atomic E-state index is 0.632. The van der Waals surface area contributed by atoms with Crippen LogP contribution >= 0.6 is 22.7 Å². The molecule has 30 aromatic rings. The van der Waals surface area contributed by atoms with Gasteiger partial charge >= 0.3 is 0 Å². The van der Waals surface area contributed by atoms with Crippen molar-refractivity contribution in [3.8, 4) is 79.6 Å². The minimum atomic E-state index is 0.632. The first-order valence-electron chi connectivity index (χ1n) is 45.6. The van der Waals surface area contributed by atoms with E-state index in [1.807, 2.05) is 71.3 Å². The first kappa shape index (κ1) is 77.0. The molecule has 30 rings (SSSR count). The Labute approximate surface area is 783 Å². The lowest BCUT2D eigenvalue weighted by Crippen LogP contribution is -2.03. The summed E-state index contributed by atoms with van der Waals surface area (Å²) in [5, 5.41) is 20.9. The van der Waals surface area contributed by atoms with Gasteiger partial charge in [0.15, 0.2) is 0 Å². The number of nitrogens with zero attached hydrogens (tertiary/aromatic N) is 10. The molecule has 0 saturated carbocycles. The van der Waals surface area contributed by atoms with E-state index in [2.05, 4.69) is 407 Å². The molecule has 0 unspecified atom stereocenters. The topological polar surface area (TPSA) is 123 Å². The van der Waals surface area contributed by atoms with Gasteiger partial charge in [-0.05, 0) is 144 Å². The van der Waals surface area contributed by atoms with E-state index in [9.17, 15) is 0 Å². The average molecular weight is 1770 g/mol. The van der Waals surface area contributed by atoms with Crippen LogP contribution < -0.4 is 0 Å². The van der Waals surface area contributed by atoms with Crippen molar-refractivity contribution in [2.45, 2.75) is 0 Å². The highest BCUT2D eigenvalue weighted by Crippen LogP contribution is 2.49. The van der Waals surface area contributed by atoms with Gasteiger partial charge in [0, 0.05) is 134 Å². The maximum absolute atomic E-state index is 6.63. The second kappa shape index (κ2) is 30.9. The first-order valence-corrected chi connectivity index (χ1v) is 47.2. The van der Waals surface area contributed by atoms with Crippen LogP contribution in [0.4, 0.5) is 0 Å². The third-order valence-corrected chi connectivity index (χ3v) is 29.5. The minimum Gasteiger partial charge on any atom is -0.455 e. The third-order valence-electron chi connectivity index (χ3n) is 27.1. The van der Waals surface area contributed by atoms with Gasteiger partial charge < -0.3 is 13.4 Å². The lowest BCUT2D eigenvalue weighted by Gasteiger charge is -2.13. The molecular formula is C122H72N10O2S2. The summed E-state index contributed by atoms with van der Waals surface area (Å²) in [6.45, 7) is 0. The molecule has 19 aromatic carbocycles. The second-order valence-corrected chi connectivity index (χ2v) is 36.7. The summed E-state index contributed by atoms with van der Waals surface area (Å²) >= 11 is 3.68. The standard InChI is InChI=1S/C44H25N3OS.C40H24N4S.C38H23N3O/c1-2-11-26(12-3-1)27-21-22-33-37(25-27)47(36-24-23-30-28-13-5-8-19-38(28)48-42(30)40(33)36)44-45-35-18-7-4-15-32(35)41(46-44)34-17-10-16-31-29-14-6-9-20-39(29)49-43(31)34;1-5-16-33-27(12-1)28-13-2-6-17-34(28)43(33)26-11-9-10-25(24-26)32-22-23-41-40(42-32)44-35-18-7-3-15-31(35)38-36(44)21-20-30-29-14-4-8-19-37(29)45-39(30)38;1-3-11-24(12-4-1)26-19-21-31-30(23-26)36(25-13-5-2-6-14-25)40-38(39-31)41-32-17-9-7-16-29(32)35-33(41)22-20-28-27-15-8-10-18-34(27)42-37(28)35/h1-25H;1-24H;1-23H. The molecule has 12 nitrogen and oxygen atoms in total. The van der Waals surface area contributed by atoms with Crippen molar-refractivity contribution in [2.24, 2.45) is 0 Å². The van der Waals surface area contributed by atoms with Crippen LogP contribution in [0.15, 0.2) is 446 Å². The van der Waals surface area contributed by atoms with Crippen molar-refractivity contribution in [3.05, 3.63) is 437 Å². The van der Waals surface area contributed by atoms with Gasteiger partial charge in [-0.25, -0.2) is 29.9 Å². The number of fused-ring (bicyclic) bond motifs is 29. The molecule has 0 fully saturated rings. The number of hydrogen-bond acceptors (Lipinski definition) is 10. The smallest absolute Gasteiger partial charge is 0.235 e. The lowest BCUT2D eigenvalue weighted by atomic mass is 10.0. The summed E-state index contributed by atoms with van der Waals surface area (Å²) in [5.41, 5.74) is 25.7. The van der Waals surface area contributed by atoms with Crippen molar-refractivity contribution in [3.63, 3.8) is 0 Å². The number of thiophene rings is 2. The molecule has 0 spiro atoms. The second-order valence-electron chi connectivity index (χ2n) is 34.6. The lowest BCUT2D eigenvalue weighted by molar-refractivity contribution is 0.672. The van der Waals surface area contributed by atoms with Crippen molar-refractivity contribution in [1.29, 1.82) is 0 Å². The molecule has 0 bridgehead atoms. The molecule has 136 heavy (non-hydrogen) atoms. The Morgan fingerprint density at radius 3 is 1.26 bits per heavy atom. The Morgan fingerprint density at radius 1 is 0.213 bits per heavy atom. The third kappa shape index (κ3) is 12.1. The number of benzene rings is 19. The quantitative estimate of drug-likeness (QED) is 0.140. The molecule has 0 aliphatic carbocycles. The van der Waals surface area contributed by atoms with Gasteiger partial charge in [-0.3, -0.25) is 13.7 Å².